The van der Waals surface area contributed by atoms with E-state index >= 15 is 0 Å². The van der Waals surface area contributed by atoms with E-state index in [1.807, 2.05) is 29.2 Å². The van der Waals surface area contributed by atoms with Crippen molar-refractivity contribution in [2.24, 2.45) is 0 Å². The Kier molecular flexibility index (Phi) is 6.13. The van der Waals surface area contributed by atoms with Crippen LogP contribution in [0.2, 0.25) is 0 Å². The summed E-state index contributed by atoms with van der Waals surface area (Å²) < 4.78 is 10.6. The van der Waals surface area contributed by atoms with Crippen molar-refractivity contribution in [1.29, 1.82) is 0 Å². The van der Waals surface area contributed by atoms with Crippen LogP contribution >= 0.6 is 0 Å². The van der Waals surface area contributed by atoms with E-state index in [9.17, 15) is 4.79 Å². The van der Waals surface area contributed by atoms with E-state index < -0.39 is 0 Å². The fourth-order valence-electron chi connectivity index (χ4n) is 3.10. The Hall–Kier alpha value is -2.80. The summed E-state index contributed by atoms with van der Waals surface area (Å²) in [7, 11) is 3.21. The number of nitrogens with zero attached hydrogens (tertiary/aromatic N) is 3. The van der Waals surface area contributed by atoms with Gasteiger partial charge in [-0.3, -0.25) is 4.79 Å². The maximum absolute atomic E-state index is 12.6. The largest absolute Gasteiger partial charge is 0.493 e. The van der Waals surface area contributed by atoms with Gasteiger partial charge in [0.15, 0.2) is 11.5 Å². The molecule has 1 amide bonds. The number of carbonyl (C=O) groups is 1. The predicted octanol–water partition coefficient (Wildman–Crippen LogP) is 2.62. The first-order valence-electron chi connectivity index (χ1n) is 9.11. The summed E-state index contributed by atoms with van der Waals surface area (Å²) in [5.74, 6) is 1.31. The van der Waals surface area contributed by atoms with Gasteiger partial charge in [-0.15, -0.1) is 0 Å². The third-order valence-corrected chi connectivity index (χ3v) is 4.76. The van der Waals surface area contributed by atoms with Crippen LogP contribution in [-0.4, -0.2) is 67.6 Å². The molecule has 7 nitrogen and oxygen atoms in total. The van der Waals surface area contributed by atoms with Crippen molar-refractivity contribution in [3.8, 4) is 11.5 Å². The third-order valence-electron chi connectivity index (χ3n) is 4.76. The summed E-state index contributed by atoms with van der Waals surface area (Å²) in [5.41, 5.74) is 2.12. The maximum atomic E-state index is 12.6. The molecule has 1 aliphatic heterocycles. The molecule has 7 heteroatoms. The number of hydrogen-bond donors (Lipinski definition) is 1. The average molecular weight is 370 g/mol. The molecular weight excluding hydrogens is 344 g/mol. The molecule has 2 aromatic rings. The molecule has 1 aromatic carbocycles. The van der Waals surface area contributed by atoms with Crippen LogP contribution < -0.4 is 14.8 Å². The van der Waals surface area contributed by atoms with Gasteiger partial charge in [0, 0.05) is 37.9 Å². The van der Waals surface area contributed by atoms with Crippen LogP contribution in [0.4, 0.5) is 11.4 Å². The minimum absolute atomic E-state index is 0.0107. The number of nitrogens with one attached hydrogen (secondary N) is 1. The number of pyridine rings is 1. The quantitative estimate of drug-likeness (QED) is 0.843. The second-order valence-corrected chi connectivity index (χ2v) is 6.35. The lowest BCUT2D eigenvalue weighted by Gasteiger charge is -2.33. The second kappa shape index (κ2) is 8.73. The van der Waals surface area contributed by atoms with E-state index in [4.69, 9.17) is 9.47 Å². The molecule has 27 heavy (non-hydrogen) atoms. The molecule has 0 spiro atoms. The number of carbonyl (C=O) groups excluding carboxylic acids is 1. The smallest absolute Gasteiger partial charge is 0.272 e. The lowest BCUT2D eigenvalue weighted by atomic mass is 10.2. The molecule has 1 saturated heterocycles. The molecule has 3 rings (SSSR count). The molecule has 1 aromatic heterocycles. The number of hydrogen-bond acceptors (Lipinski definition) is 6. The van der Waals surface area contributed by atoms with Crippen LogP contribution in [0, 0.1) is 0 Å². The zero-order valence-electron chi connectivity index (χ0n) is 16.1. The molecule has 0 radical (unpaired) electrons. The van der Waals surface area contributed by atoms with E-state index in [1.165, 1.54) is 0 Å². The number of ether oxygens (including phenoxy) is 2. The highest BCUT2D eigenvalue weighted by molar-refractivity contribution is 5.92. The molecule has 1 fully saturated rings. The van der Waals surface area contributed by atoms with Gasteiger partial charge < -0.3 is 24.6 Å². The Morgan fingerprint density at radius 3 is 2.33 bits per heavy atom. The van der Waals surface area contributed by atoms with E-state index in [0.717, 1.165) is 44.1 Å². The monoisotopic (exact) mass is 370 g/mol. The van der Waals surface area contributed by atoms with Crippen LogP contribution in [0.15, 0.2) is 36.5 Å². The van der Waals surface area contributed by atoms with Gasteiger partial charge in [-0.2, -0.15) is 0 Å². The lowest BCUT2D eigenvalue weighted by Crippen LogP contribution is -2.48. The van der Waals surface area contributed by atoms with Gasteiger partial charge in [-0.25, -0.2) is 4.98 Å². The summed E-state index contributed by atoms with van der Waals surface area (Å²) in [6.07, 6.45) is 1.67. The SMILES string of the molecule is CCN1CCN(C(=O)c2ccc(Nc3ccc(OC)c(OC)c3)cn2)CC1. The van der Waals surface area contributed by atoms with Crippen molar-refractivity contribution in [3.63, 3.8) is 0 Å². The summed E-state index contributed by atoms with van der Waals surface area (Å²) in [4.78, 5) is 21.2. The molecule has 0 atom stereocenters. The van der Waals surface area contributed by atoms with Crippen molar-refractivity contribution in [3.05, 3.63) is 42.2 Å². The third kappa shape index (κ3) is 4.49. The zero-order valence-corrected chi connectivity index (χ0v) is 16.1. The number of anilines is 2. The van der Waals surface area contributed by atoms with Crippen molar-refractivity contribution in [1.82, 2.24) is 14.8 Å². The van der Waals surface area contributed by atoms with Gasteiger partial charge in [0.05, 0.1) is 26.1 Å². The number of likely N-dealkylation sites (N-methyl/N-ethyl adjacent to an activating group) is 1. The first-order chi connectivity index (χ1) is 13.1. The molecule has 0 unspecified atom stereocenters. The maximum Gasteiger partial charge on any atom is 0.272 e. The molecule has 0 bridgehead atoms. The van der Waals surface area contributed by atoms with Gasteiger partial charge in [0.25, 0.3) is 5.91 Å². The number of benzene rings is 1. The lowest BCUT2D eigenvalue weighted by molar-refractivity contribution is 0.0637. The molecule has 144 valence electrons. The van der Waals surface area contributed by atoms with E-state index in [-0.39, 0.29) is 5.91 Å². The van der Waals surface area contributed by atoms with Gasteiger partial charge in [0.1, 0.15) is 5.69 Å². The van der Waals surface area contributed by atoms with Crippen molar-refractivity contribution in [2.45, 2.75) is 6.92 Å². The predicted molar refractivity (Wildman–Crippen MR) is 105 cm³/mol. The Morgan fingerprint density at radius 1 is 1.04 bits per heavy atom. The normalized spacial score (nSPS) is 14.7. The molecule has 0 saturated carbocycles. The van der Waals surface area contributed by atoms with Crippen LogP contribution in [-0.2, 0) is 0 Å². The first-order valence-corrected chi connectivity index (χ1v) is 9.11. The Balaban J connectivity index is 1.64. The minimum atomic E-state index is -0.0107. The van der Waals surface area contributed by atoms with Gasteiger partial charge in [0.2, 0.25) is 0 Å². The van der Waals surface area contributed by atoms with Gasteiger partial charge in [-0.1, -0.05) is 6.92 Å². The summed E-state index contributed by atoms with van der Waals surface area (Å²) in [5, 5.41) is 3.26. The number of rotatable bonds is 6. The molecular formula is C20H26N4O3. The molecule has 0 aliphatic carbocycles. The summed E-state index contributed by atoms with van der Waals surface area (Å²) >= 11 is 0. The zero-order chi connectivity index (χ0) is 19.2. The summed E-state index contributed by atoms with van der Waals surface area (Å²) in [6.45, 7) is 6.50. The second-order valence-electron chi connectivity index (χ2n) is 6.35. The summed E-state index contributed by atoms with van der Waals surface area (Å²) in [6, 6.07) is 9.21. The van der Waals surface area contributed by atoms with Crippen LogP contribution in [0.25, 0.3) is 0 Å². The van der Waals surface area contributed by atoms with Crippen LogP contribution in [0.1, 0.15) is 17.4 Å². The Morgan fingerprint density at radius 2 is 1.74 bits per heavy atom. The highest BCUT2D eigenvalue weighted by Crippen LogP contribution is 2.31. The Labute approximate surface area is 159 Å². The van der Waals surface area contributed by atoms with Crippen LogP contribution in [0.5, 0.6) is 11.5 Å². The number of piperazine rings is 1. The number of amides is 1. The van der Waals surface area contributed by atoms with Gasteiger partial charge in [-0.05, 0) is 30.8 Å². The fourth-order valence-corrected chi connectivity index (χ4v) is 3.10. The van der Waals surface area contributed by atoms with E-state index in [0.29, 0.717) is 17.2 Å². The molecule has 2 heterocycles. The van der Waals surface area contributed by atoms with Gasteiger partial charge >= 0.3 is 0 Å². The molecule has 1 N–H and O–H groups in total. The number of methoxy groups -OCH3 is 2. The Bertz CT molecular complexity index is 771. The van der Waals surface area contributed by atoms with E-state index in [2.05, 4.69) is 22.1 Å². The highest BCUT2D eigenvalue weighted by atomic mass is 16.5. The average Bonchev–Trinajstić information content (AvgIpc) is 2.73. The van der Waals surface area contributed by atoms with Crippen molar-refractivity contribution < 1.29 is 14.3 Å². The van der Waals surface area contributed by atoms with Crippen LogP contribution in [0.3, 0.4) is 0 Å². The number of aromatic nitrogens is 1. The van der Waals surface area contributed by atoms with E-state index in [1.54, 1.807) is 26.5 Å². The van der Waals surface area contributed by atoms with Crippen molar-refractivity contribution >= 4 is 17.3 Å². The standard InChI is InChI=1S/C20H26N4O3/c1-4-23-9-11-24(12-10-23)20(25)17-7-5-16(14-21-17)22-15-6-8-18(26-2)19(13-15)27-3/h5-8,13-14,22H,4,9-12H2,1-3H3. The molecule has 1 aliphatic rings. The fraction of sp³-hybridized carbons (Fsp3) is 0.400. The highest BCUT2D eigenvalue weighted by Gasteiger charge is 2.22. The topological polar surface area (TPSA) is 66.9 Å². The van der Waals surface area contributed by atoms with Crippen molar-refractivity contribution in [2.75, 3.05) is 52.3 Å². The first kappa shape index (κ1) is 19.0. The minimum Gasteiger partial charge on any atom is -0.493 e.